The predicted octanol–water partition coefficient (Wildman–Crippen LogP) is 3.14. The first-order chi connectivity index (χ1) is 14.5. The van der Waals surface area contributed by atoms with Crippen LogP contribution in [0.4, 0.5) is 5.69 Å². The molecule has 2 N–H and O–H groups in total. The molecule has 1 aliphatic rings. The van der Waals surface area contributed by atoms with Crippen LogP contribution in [0.3, 0.4) is 0 Å². The number of likely N-dealkylation sites (N-methyl/N-ethyl adjacent to an activating group) is 1. The Bertz CT molecular complexity index is 850. The van der Waals surface area contributed by atoms with Crippen LogP contribution in [0.15, 0.2) is 59.6 Å². The number of carbonyl (C=O) groups is 1. The Kier molecular flexibility index (Phi) is 7.85. The van der Waals surface area contributed by atoms with Crippen molar-refractivity contribution in [2.24, 2.45) is 4.99 Å². The molecule has 0 radical (unpaired) electrons. The second-order valence-electron chi connectivity index (χ2n) is 8.00. The van der Waals surface area contributed by atoms with Crippen molar-refractivity contribution in [1.82, 2.24) is 15.1 Å². The van der Waals surface area contributed by atoms with Gasteiger partial charge in [0, 0.05) is 31.2 Å². The Balaban J connectivity index is 1.64. The van der Waals surface area contributed by atoms with Gasteiger partial charge in [0.2, 0.25) is 5.91 Å². The molecule has 1 unspecified atom stereocenters. The van der Waals surface area contributed by atoms with Crippen LogP contribution < -0.4 is 10.6 Å². The van der Waals surface area contributed by atoms with Gasteiger partial charge in [-0.2, -0.15) is 0 Å². The second-order valence-corrected chi connectivity index (χ2v) is 8.00. The smallest absolute Gasteiger partial charge is 0.238 e. The van der Waals surface area contributed by atoms with Gasteiger partial charge >= 0.3 is 0 Å². The summed E-state index contributed by atoms with van der Waals surface area (Å²) in [5, 5.41) is 6.39. The van der Waals surface area contributed by atoms with Crippen molar-refractivity contribution < 1.29 is 4.79 Å². The zero-order valence-corrected chi connectivity index (χ0v) is 18.3. The number of amides is 1. The van der Waals surface area contributed by atoms with Crippen molar-refractivity contribution in [2.75, 3.05) is 45.6 Å². The fourth-order valence-electron chi connectivity index (χ4n) is 3.78. The third kappa shape index (κ3) is 6.32. The van der Waals surface area contributed by atoms with Crippen molar-refractivity contribution in [3.05, 3.63) is 65.7 Å². The van der Waals surface area contributed by atoms with Crippen molar-refractivity contribution >= 4 is 17.6 Å². The molecule has 0 bridgehead atoms. The Morgan fingerprint density at radius 2 is 1.97 bits per heavy atom. The van der Waals surface area contributed by atoms with Crippen LogP contribution >= 0.6 is 0 Å². The second kappa shape index (κ2) is 10.8. The lowest BCUT2D eigenvalue weighted by atomic mass is 9.99. The van der Waals surface area contributed by atoms with Gasteiger partial charge in [0.1, 0.15) is 0 Å². The molecule has 1 aliphatic heterocycles. The molecule has 3 rings (SSSR count). The van der Waals surface area contributed by atoms with Gasteiger partial charge in [0.15, 0.2) is 5.96 Å². The van der Waals surface area contributed by atoms with E-state index in [-0.39, 0.29) is 5.91 Å². The van der Waals surface area contributed by atoms with Gasteiger partial charge in [-0.15, -0.1) is 0 Å². The molecular formula is C24H33N5O. The maximum atomic E-state index is 12.0. The number of hydrogen-bond donors (Lipinski definition) is 2. The number of guanidine groups is 1. The Morgan fingerprint density at radius 1 is 1.17 bits per heavy atom. The van der Waals surface area contributed by atoms with Gasteiger partial charge < -0.3 is 20.4 Å². The normalized spacial score (nSPS) is 16.7. The molecule has 6 heteroatoms. The molecule has 1 saturated heterocycles. The highest BCUT2D eigenvalue weighted by Crippen LogP contribution is 2.27. The topological polar surface area (TPSA) is 60.0 Å². The molecule has 30 heavy (non-hydrogen) atoms. The highest BCUT2D eigenvalue weighted by molar-refractivity contribution is 5.92. The molecule has 2 aromatic rings. The molecule has 0 spiro atoms. The first-order valence-electron chi connectivity index (χ1n) is 10.7. The third-order valence-corrected chi connectivity index (χ3v) is 5.18. The van der Waals surface area contributed by atoms with Crippen LogP contribution in [-0.4, -0.2) is 61.9 Å². The fourth-order valence-corrected chi connectivity index (χ4v) is 3.78. The number of benzene rings is 2. The number of anilines is 1. The maximum Gasteiger partial charge on any atom is 0.238 e. The number of nitrogens with zero attached hydrogens (tertiary/aromatic N) is 3. The fraction of sp³-hybridized carbons (Fsp3) is 0.417. The van der Waals surface area contributed by atoms with Gasteiger partial charge in [-0.3, -0.25) is 4.79 Å². The monoisotopic (exact) mass is 407 g/mol. The van der Waals surface area contributed by atoms with E-state index < -0.39 is 0 Å². The number of nitrogens with one attached hydrogen (secondary N) is 2. The third-order valence-electron chi connectivity index (χ3n) is 5.18. The summed E-state index contributed by atoms with van der Waals surface area (Å²) in [6.07, 6.45) is 1.14. The summed E-state index contributed by atoms with van der Waals surface area (Å²) in [4.78, 5) is 21.1. The van der Waals surface area contributed by atoms with E-state index >= 15 is 0 Å². The number of hydrogen-bond acceptors (Lipinski definition) is 3. The van der Waals surface area contributed by atoms with Crippen LogP contribution in [-0.2, 0) is 11.3 Å². The number of carbonyl (C=O) groups excluding carboxylic acids is 1. The molecule has 1 fully saturated rings. The molecule has 1 amide bonds. The quantitative estimate of drug-likeness (QED) is 0.547. The minimum Gasteiger partial charge on any atom is -0.357 e. The van der Waals surface area contributed by atoms with Crippen LogP contribution in [0.2, 0.25) is 0 Å². The van der Waals surface area contributed by atoms with Crippen molar-refractivity contribution in [3.8, 4) is 0 Å². The highest BCUT2D eigenvalue weighted by Gasteiger charge is 2.25. The van der Waals surface area contributed by atoms with E-state index in [1.807, 2.05) is 43.3 Å². The summed E-state index contributed by atoms with van der Waals surface area (Å²) >= 11 is 0. The molecule has 0 saturated carbocycles. The minimum absolute atomic E-state index is 0.0157. The van der Waals surface area contributed by atoms with E-state index in [1.165, 1.54) is 5.56 Å². The first-order valence-corrected chi connectivity index (χ1v) is 10.7. The lowest BCUT2D eigenvalue weighted by molar-refractivity contribution is -0.116. The van der Waals surface area contributed by atoms with E-state index in [9.17, 15) is 4.79 Å². The Labute approximate surface area is 180 Å². The summed E-state index contributed by atoms with van der Waals surface area (Å²) in [7, 11) is 3.77. The zero-order valence-electron chi connectivity index (χ0n) is 18.3. The average Bonchev–Trinajstić information content (AvgIpc) is 3.21. The maximum absolute atomic E-state index is 12.0. The van der Waals surface area contributed by atoms with Gasteiger partial charge in [-0.05, 0) is 50.7 Å². The summed E-state index contributed by atoms with van der Waals surface area (Å²) in [6, 6.07) is 18.6. The Hall–Kier alpha value is -2.86. The molecule has 2 aromatic carbocycles. The lowest BCUT2D eigenvalue weighted by Crippen LogP contribution is -2.40. The average molecular weight is 408 g/mol. The molecule has 1 atom stereocenters. The van der Waals surface area contributed by atoms with E-state index in [0.29, 0.717) is 19.0 Å². The van der Waals surface area contributed by atoms with Gasteiger partial charge in [-0.1, -0.05) is 42.5 Å². The highest BCUT2D eigenvalue weighted by atomic mass is 16.2. The molecule has 160 valence electrons. The van der Waals surface area contributed by atoms with E-state index in [2.05, 4.69) is 52.8 Å². The number of likely N-dealkylation sites (tertiary alicyclic amines) is 1. The largest absolute Gasteiger partial charge is 0.357 e. The van der Waals surface area contributed by atoms with Crippen molar-refractivity contribution in [1.29, 1.82) is 0 Å². The van der Waals surface area contributed by atoms with E-state index in [0.717, 1.165) is 43.3 Å². The zero-order chi connectivity index (χ0) is 21.3. The van der Waals surface area contributed by atoms with Gasteiger partial charge in [0.05, 0.1) is 13.1 Å². The number of aliphatic imine (C=N–C) groups is 1. The van der Waals surface area contributed by atoms with Crippen molar-refractivity contribution in [2.45, 2.75) is 25.8 Å². The molecule has 0 aliphatic carbocycles. The predicted molar refractivity (Wildman–Crippen MR) is 124 cm³/mol. The molecule has 6 nitrogen and oxygen atoms in total. The summed E-state index contributed by atoms with van der Waals surface area (Å²) in [5.41, 5.74) is 3.29. The van der Waals surface area contributed by atoms with Crippen LogP contribution in [0, 0.1) is 0 Å². The number of rotatable bonds is 7. The van der Waals surface area contributed by atoms with Gasteiger partial charge in [-0.25, -0.2) is 4.99 Å². The summed E-state index contributed by atoms with van der Waals surface area (Å²) < 4.78 is 0. The van der Waals surface area contributed by atoms with Crippen LogP contribution in [0.5, 0.6) is 0 Å². The SMILES string of the molecule is CCNC(=NCc1cccc(NC(=O)CN(C)C)c1)N1CCC(c2ccccc2)C1. The molecule has 0 aromatic heterocycles. The van der Waals surface area contributed by atoms with Crippen LogP contribution in [0.25, 0.3) is 0 Å². The lowest BCUT2D eigenvalue weighted by Gasteiger charge is -2.22. The molecule has 1 heterocycles. The van der Waals surface area contributed by atoms with Crippen LogP contribution in [0.1, 0.15) is 30.4 Å². The standard InChI is InChI=1S/C24H33N5O/c1-4-25-24(29-14-13-21(17-29)20-10-6-5-7-11-20)26-16-19-9-8-12-22(15-19)27-23(30)18-28(2)3/h5-12,15,21H,4,13-14,16-18H2,1-3H3,(H,25,26)(H,27,30). The Morgan fingerprint density at radius 3 is 2.70 bits per heavy atom. The van der Waals surface area contributed by atoms with E-state index in [4.69, 9.17) is 4.99 Å². The molecular weight excluding hydrogens is 374 g/mol. The summed E-state index contributed by atoms with van der Waals surface area (Å²) in [6.45, 7) is 5.87. The van der Waals surface area contributed by atoms with Gasteiger partial charge in [0.25, 0.3) is 0 Å². The van der Waals surface area contributed by atoms with E-state index in [1.54, 1.807) is 0 Å². The summed E-state index contributed by atoms with van der Waals surface area (Å²) in [5.74, 6) is 1.49. The first kappa shape index (κ1) is 21.8. The minimum atomic E-state index is -0.0157. The van der Waals surface area contributed by atoms with Crippen molar-refractivity contribution in [3.63, 3.8) is 0 Å².